The third-order valence-electron chi connectivity index (χ3n) is 5.16. The second-order valence-corrected chi connectivity index (χ2v) is 9.49. The third-order valence-corrected chi connectivity index (χ3v) is 6.18. The predicted molar refractivity (Wildman–Crippen MR) is 135 cm³/mol. The van der Waals surface area contributed by atoms with Crippen molar-refractivity contribution in [2.75, 3.05) is 4.90 Å². The van der Waals surface area contributed by atoms with Gasteiger partial charge >= 0.3 is 17.9 Å². The molecule has 1 saturated heterocycles. The third kappa shape index (κ3) is 5.60. The summed E-state index contributed by atoms with van der Waals surface area (Å²) < 4.78 is 45.9. The zero-order valence-corrected chi connectivity index (χ0v) is 21.8. The van der Waals surface area contributed by atoms with Gasteiger partial charge < -0.3 is 4.74 Å². The number of nitrogens with one attached hydrogen (secondary N) is 1. The lowest BCUT2D eigenvalue weighted by Gasteiger charge is -2.26. The summed E-state index contributed by atoms with van der Waals surface area (Å²) in [5.41, 5.74) is -2.40. The number of hydrogen-bond donors (Lipinski definition) is 1. The van der Waals surface area contributed by atoms with Gasteiger partial charge in [-0.2, -0.15) is 13.2 Å². The first-order chi connectivity index (χ1) is 17.8. The van der Waals surface area contributed by atoms with Crippen molar-refractivity contribution >= 4 is 67.2 Å². The number of nitro benzene ring substituents is 1. The minimum atomic E-state index is -4.82. The number of barbiturate groups is 1. The van der Waals surface area contributed by atoms with E-state index in [0.717, 1.165) is 17.0 Å². The number of urea groups is 1. The number of nitrogens with zero attached hydrogens (tertiary/aromatic N) is 2. The molecule has 0 radical (unpaired) electrons. The Bertz CT molecular complexity index is 1520. The minimum Gasteiger partial charge on any atom is -0.449 e. The van der Waals surface area contributed by atoms with Crippen LogP contribution in [0.15, 0.2) is 75.2 Å². The van der Waals surface area contributed by atoms with E-state index in [-0.39, 0.29) is 17.0 Å². The van der Waals surface area contributed by atoms with Crippen molar-refractivity contribution in [1.29, 1.82) is 0 Å². The number of halogens is 5. The van der Waals surface area contributed by atoms with Crippen LogP contribution in [0.5, 0.6) is 11.5 Å². The number of imide groups is 2. The molecule has 0 aromatic heterocycles. The Morgan fingerprint density at radius 2 is 1.55 bits per heavy atom. The van der Waals surface area contributed by atoms with Gasteiger partial charge in [-0.25, -0.2) is 9.69 Å². The van der Waals surface area contributed by atoms with Crippen molar-refractivity contribution in [3.63, 3.8) is 0 Å². The van der Waals surface area contributed by atoms with Crippen LogP contribution in [-0.4, -0.2) is 22.8 Å². The summed E-state index contributed by atoms with van der Waals surface area (Å²) >= 11 is 6.49. The lowest BCUT2D eigenvalue weighted by molar-refractivity contribution is -0.385. The van der Waals surface area contributed by atoms with Crippen molar-refractivity contribution < 1.29 is 37.2 Å². The van der Waals surface area contributed by atoms with Gasteiger partial charge in [0, 0.05) is 20.6 Å². The molecule has 0 atom stereocenters. The maximum atomic E-state index is 13.2. The highest BCUT2D eigenvalue weighted by Gasteiger charge is 2.37. The van der Waals surface area contributed by atoms with E-state index < -0.39 is 51.5 Å². The van der Waals surface area contributed by atoms with E-state index in [1.165, 1.54) is 30.3 Å². The Morgan fingerprint density at radius 3 is 2.18 bits per heavy atom. The number of ether oxygens (including phenoxy) is 1. The van der Waals surface area contributed by atoms with E-state index in [1.54, 1.807) is 12.1 Å². The number of nitro groups is 1. The minimum absolute atomic E-state index is 0.0668. The van der Waals surface area contributed by atoms with Crippen molar-refractivity contribution in [3.8, 4) is 11.5 Å². The SMILES string of the molecule is O=C1NC(=O)N(c2ccc(Br)cc2)C(=O)/C1=C/c1cc(Br)ccc1Oc1ccc(C(F)(F)F)cc1[N+](=O)[O-]. The number of benzene rings is 3. The Balaban J connectivity index is 1.76. The van der Waals surface area contributed by atoms with Crippen LogP contribution in [-0.2, 0) is 15.8 Å². The van der Waals surface area contributed by atoms with Crippen molar-refractivity contribution in [2.24, 2.45) is 0 Å². The fraction of sp³-hybridized carbons (Fsp3) is 0.0417. The summed E-state index contributed by atoms with van der Waals surface area (Å²) in [6.07, 6.45) is -3.71. The maximum absolute atomic E-state index is 13.2. The topological polar surface area (TPSA) is 119 Å². The Kier molecular flexibility index (Phi) is 7.37. The molecule has 194 valence electrons. The fourth-order valence-corrected chi connectivity index (χ4v) is 4.05. The highest BCUT2D eigenvalue weighted by Crippen LogP contribution is 2.39. The molecule has 3 aromatic rings. The number of amides is 4. The summed E-state index contributed by atoms with van der Waals surface area (Å²) in [6.45, 7) is 0. The van der Waals surface area contributed by atoms with Gasteiger partial charge in [0.05, 0.1) is 16.2 Å². The molecule has 9 nitrogen and oxygen atoms in total. The van der Waals surface area contributed by atoms with Crippen LogP contribution in [0, 0.1) is 10.1 Å². The molecule has 0 bridgehead atoms. The molecule has 0 aliphatic carbocycles. The van der Waals surface area contributed by atoms with Crippen molar-refractivity contribution in [2.45, 2.75) is 6.18 Å². The first-order valence-electron chi connectivity index (χ1n) is 10.3. The summed E-state index contributed by atoms with van der Waals surface area (Å²) in [4.78, 5) is 49.4. The predicted octanol–water partition coefficient (Wildman–Crippen LogP) is 6.60. The molecule has 0 saturated carbocycles. The molecule has 1 fully saturated rings. The summed E-state index contributed by atoms with van der Waals surface area (Å²) in [6, 6.07) is 11.2. The van der Waals surface area contributed by atoms with Crippen LogP contribution in [0.25, 0.3) is 6.08 Å². The average molecular weight is 655 g/mol. The van der Waals surface area contributed by atoms with Crippen LogP contribution < -0.4 is 15.0 Å². The van der Waals surface area contributed by atoms with Crippen molar-refractivity contribution in [3.05, 3.63) is 96.4 Å². The van der Waals surface area contributed by atoms with E-state index in [1.807, 2.05) is 0 Å². The maximum Gasteiger partial charge on any atom is 0.416 e. The normalized spacial score (nSPS) is 15.0. The second-order valence-electron chi connectivity index (χ2n) is 7.66. The summed E-state index contributed by atoms with van der Waals surface area (Å²) in [5, 5.41) is 13.5. The van der Waals surface area contributed by atoms with Gasteiger partial charge in [0.15, 0.2) is 0 Å². The fourth-order valence-electron chi connectivity index (χ4n) is 3.40. The molecule has 0 unspecified atom stereocenters. The molecule has 0 spiro atoms. The molecular weight excluding hydrogens is 643 g/mol. The number of alkyl halides is 3. The number of rotatable bonds is 5. The van der Waals surface area contributed by atoms with Crippen LogP contribution in [0.4, 0.5) is 29.3 Å². The molecule has 1 aliphatic heterocycles. The van der Waals surface area contributed by atoms with Crippen LogP contribution in [0.1, 0.15) is 11.1 Å². The largest absolute Gasteiger partial charge is 0.449 e. The van der Waals surface area contributed by atoms with Gasteiger partial charge in [-0.15, -0.1) is 0 Å². The van der Waals surface area contributed by atoms with E-state index in [9.17, 15) is 37.7 Å². The van der Waals surface area contributed by atoms with Gasteiger partial charge in [0.1, 0.15) is 11.3 Å². The quantitative estimate of drug-likeness (QED) is 0.143. The van der Waals surface area contributed by atoms with Gasteiger partial charge in [-0.3, -0.25) is 25.0 Å². The van der Waals surface area contributed by atoms with Crippen molar-refractivity contribution in [1.82, 2.24) is 5.32 Å². The number of carbonyl (C=O) groups is 3. The Labute approximate surface area is 228 Å². The average Bonchev–Trinajstić information content (AvgIpc) is 2.83. The monoisotopic (exact) mass is 653 g/mol. The molecule has 4 rings (SSSR count). The lowest BCUT2D eigenvalue weighted by atomic mass is 10.1. The van der Waals surface area contributed by atoms with Gasteiger partial charge in [0.2, 0.25) is 5.75 Å². The molecule has 3 aromatic carbocycles. The van der Waals surface area contributed by atoms with E-state index in [4.69, 9.17) is 4.74 Å². The number of carbonyl (C=O) groups excluding carboxylic acids is 3. The Hall–Kier alpha value is -4.04. The summed E-state index contributed by atoms with van der Waals surface area (Å²) in [5.74, 6) is -2.57. The highest BCUT2D eigenvalue weighted by atomic mass is 79.9. The van der Waals surface area contributed by atoms with Gasteiger partial charge in [0.25, 0.3) is 11.8 Å². The number of hydrogen-bond acceptors (Lipinski definition) is 6. The van der Waals surface area contributed by atoms with E-state index in [0.29, 0.717) is 21.1 Å². The standard InChI is InChI=1S/C24H12Br2F3N3O6/c25-14-2-5-16(6-3-14)31-22(34)17(21(33)30-23(31)35)10-12-9-15(26)4-8-19(12)38-20-7-1-13(24(27,28)29)11-18(20)32(36)37/h1-11H,(H,30,33,35)/b17-10+. The summed E-state index contributed by atoms with van der Waals surface area (Å²) in [7, 11) is 0. The van der Waals surface area contributed by atoms with Crippen LogP contribution in [0.3, 0.4) is 0 Å². The first kappa shape index (κ1) is 27.0. The van der Waals surface area contributed by atoms with Crippen LogP contribution >= 0.6 is 31.9 Å². The second kappa shape index (κ2) is 10.4. The lowest BCUT2D eigenvalue weighted by Crippen LogP contribution is -2.54. The molecule has 1 aliphatic rings. The Morgan fingerprint density at radius 1 is 0.921 bits per heavy atom. The van der Waals surface area contributed by atoms with Gasteiger partial charge in [-0.1, -0.05) is 31.9 Å². The molecular formula is C24H12Br2F3N3O6. The zero-order valence-electron chi connectivity index (χ0n) is 18.6. The smallest absolute Gasteiger partial charge is 0.416 e. The zero-order chi connectivity index (χ0) is 27.8. The van der Waals surface area contributed by atoms with E-state index in [2.05, 4.69) is 37.2 Å². The van der Waals surface area contributed by atoms with E-state index >= 15 is 0 Å². The molecule has 1 heterocycles. The van der Waals surface area contributed by atoms with Gasteiger partial charge in [-0.05, 0) is 60.7 Å². The molecule has 4 amide bonds. The molecule has 1 N–H and O–H groups in total. The van der Waals surface area contributed by atoms with Crippen LogP contribution in [0.2, 0.25) is 0 Å². The first-order valence-corrected chi connectivity index (χ1v) is 11.9. The molecule has 14 heteroatoms. The molecule has 38 heavy (non-hydrogen) atoms. The highest BCUT2D eigenvalue weighted by molar-refractivity contribution is 9.10. The number of anilines is 1.